The molecule has 94 valence electrons. The van der Waals surface area contributed by atoms with E-state index in [0.717, 1.165) is 16.9 Å². The number of aromatic nitrogens is 3. The molecule has 0 bridgehead atoms. The Morgan fingerprint density at radius 1 is 1.11 bits per heavy atom. The molecule has 0 aliphatic heterocycles. The molecule has 3 aromatic rings. The number of nitrogen functional groups attached to an aromatic ring is 1. The second-order valence-electron chi connectivity index (χ2n) is 4.45. The Bertz CT molecular complexity index is 684. The van der Waals surface area contributed by atoms with Crippen LogP contribution in [0.5, 0.6) is 0 Å². The Balaban J connectivity index is 2.04. The number of benzene rings is 1. The largest absolute Gasteiger partial charge is 0.396 e. The number of nitrogens with zero attached hydrogens (tertiary/aromatic N) is 3. The van der Waals surface area contributed by atoms with Gasteiger partial charge in [-0.15, -0.1) is 0 Å². The first-order chi connectivity index (χ1) is 9.24. The maximum atomic E-state index is 6.03. The molecule has 2 aromatic heterocycles. The number of aryl methyl sites for hydroxylation is 1. The maximum absolute atomic E-state index is 6.03. The first-order valence-electron chi connectivity index (χ1n) is 6.06. The van der Waals surface area contributed by atoms with Gasteiger partial charge in [-0.05, 0) is 31.2 Å². The summed E-state index contributed by atoms with van der Waals surface area (Å²) in [6, 6.07) is 12.0. The highest BCUT2D eigenvalue weighted by Gasteiger charge is 2.09. The summed E-state index contributed by atoms with van der Waals surface area (Å²) < 4.78 is 1.79. The van der Waals surface area contributed by atoms with Gasteiger partial charge in [0.25, 0.3) is 0 Å². The van der Waals surface area contributed by atoms with E-state index in [1.54, 1.807) is 17.1 Å². The third kappa shape index (κ3) is 2.20. The minimum absolute atomic E-state index is 0.647. The number of pyridine rings is 1. The van der Waals surface area contributed by atoms with Crippen molar-refractivity contribution >= 4 is 5.69 Å². The molecular weight excluding hydrogens is 236 g/mol. The third-order valence-electron chi connectivity index (χ3n) is 2.98. The number of anilines is 1. The molecule has 4 nitrogen and oxygen atoms in total. The summed E-state index contributed by atoms with van der Waals surface area (Å²) in [7, 11) is 0. The number of hydrogen-bond donors (Lipinski definition) is 1. The number of hydrogen-bond acceptors (Lipinski definition) is 3. The van der Waals surface area contributed by atoms with Crippen molar-refractivity contribution in [1.29, 1.82) is 0 Å². The Morgan fingerprint density at radius 2 is 1.89 bits per heavy atom. The van der Waals surface area contributed by atoms with Crippen LogP contribution in [0.25, 0.3) is 16.9 Å². The van der Waals surface area contributed by atoms with Crippen LogP contribution < -0.4 is 5.73 Å². The normalized spacial score (nSPS) is 10.6. The molecule has 0 radical (unpaired) electrons. The summed E-state index contributed by atoms with van der Waals surface area (Å²) >= 11 is 0. The summed E-state index contributed by atoms with van der Waals surface area (Å²) in [6.45, 7) is 2.06. The predicted octanol–water partition coefficient (Wildman–Crippen LogP) is 2.82. The lowest BCUT2D eigenvalue weighted by Crippen LogP contribution is -1.94. The van der Waals surface area contributed by atoms with Crippen LogP contribution in [0.2, 0.25) is 0 Å². The molecule has 0 aliphatic rings. The molecule has 0 spiro atoms. The van der Waals surface area contributed by atoms with Crippen LogP contribution in [0.4, 0.5) is 5.69 Å². The predicted molar refractivity (Wildman–Crippen MR) is 75.9 cm³/mol. The van der Waals surface area contributed by atoms with Crippen molar-refractivity contribution in [2.24, 2.45) is 0 Å². The van der Waals surface area contributed by atoms with Gasteiger partial charge in [-0.25, -0.2) is 4.68 Å². The Hall–Kier alpha value is -2.62. The third-order valence-corrected chi connectivity index (χ3v) is 2.98. The van der Waals surface area contributed by atoms with Crippen molar-refractivity contribution in [2.45, 2.75) is 6.92 Å². The maximum Gasteiger partial charge on any atom is 0.117 e. The molecule has 4 heteroatoms. The fraction of sp³-hybridized carbons (Fsp3) is 0.0667. The van der Waals surface area contributed by atoms with Gasteiger partial charge in [-0.3, -0.25) is 4.98 Å². The van der Waals surface area contributed by atoms with Gasteiger partial charge in [0.1, 0.15) is 5.69 Å². The van der Waals surface area contributed by atoms with E-state index in [-0.39, 0.29) is 0 Å². The van der Waals surface area contributed by atoms with Gasteiger partial charge in [-0.2, -0.15) is 5.10 Å². The summed E-state index contributed by atoms with van der Waals surface area (Å²) in [4.78, 5) is 4.09. The molecular formula is C15H14N4. The van der Waals surface area contributed by atoms with Crippen LogP contribution >= 0.6 is 0 Å². The van der Waals surface area contributed by atoms with Crippen molar-refractivity contribution in [1.82, 2.24) is 14.8 Å². The summed E-state index contributed by atoms with van der Waals surface area (Å²) in [5, 5.41) is 4.53. The van der Waals surface area contributed by atoms with E-state index >= 15 is 0 Å². The molecule has 2 N–H and O–H groups in total. The van der Waals surface area contributed by atoms with Gasteiger partial charge in [0.2, 0.25) is 0 Å². The molecule has 0 atom stereocenters. The Morgan fingerprint density at radius 3 is 2.58 bits per heavy atom. The molecule has 0 aliphatic carbocycles. The zero-order valence-electron chi connectivity index (χ0n) is 10.6. The second kappa shape index (κ2) is 4.57. The average molecular weight is 250 g/mol. The molecule has 0 fully saturated rings. The van der Waals surface area contributed by atoms with E-state index in [1.165, 1.54) is 5.56 Å². The summed E-state index contributed by atoms with van der Waals surface area (Å²) in [6.07, 6.45) is 5.32. The van der Waals surface area contributed by atoms with Crippen molar-refractivity contribution in [3.8, 4) is 16.9 Å². The zero-order chi connectivity index (χ0) is 13.2. The lowest BCUT2D eigenvalue weighted by Gasteiger charge is -2.01. The van der Waals surface area contributed by atoms with E-state index in [4.69, 9.17) is 5.73 Å². The second-order valence-corrected chi connectivity index (χ2v) is 4.45. The minimum atomic E-state index is 0.647. The van der Waals surface area contributed by atoms with Crippen molar-refractivity contribution in [2.75, 3.05) is 5.73 Å². The van der Waals surface area contributed by atoms with E-state index in [0.29, 0.717) is 5.69 Å². The molecule has 19 heavy (non-hydrogen) atoms. The van der Waals surface area contributed by atoms with Crippen LogP contribution in [0.3, 0.4) is 0 Å². The van der Waals surface area contributed by atoms with Crippen LogP contribution in [0.1, 0.15) is 5.56 Å². The molecule has 0 unspecified atom stereocenters. The summed E-state index contributed by atoms with van der Waals surface area (Å²) in [5.74, 6) is 0. The molecule has 1 aromatic carbocycles. The monoisotopic (exact) mass is 250 g/mol. The summed E-state index contributed by atoms with van der Waals surface area (Å²) in [5.41, 5.74) is 10.6. The minimum Gasteiger partial charge on any atom is -0.396 e. The van der Waals surface area contributed by atoms with Crippen molar-refractivity contribution in [3.05, 3.63) is 60.6 Å². The molecule has 3 rings (SSSR count). The number of rotatable bonds is 2. The van der Waals surface area contributed by atoms with Crippen LogP contribution in [0.15, 0.2) is 55.0 Å². The lowest BCUT2D eigenvalue weighted by atomic mass is 10.2. The van der Waals surface area contributed by atoms with Gasteiger partial charge >= 0.3 is 0 Å². The van der Waals surface area contributed by atoms with Crippen molar-refractivity contribution < 1.29 is 0 Å². The standard InChI is InChI=1S/C15H14N4/c1-11-4-6-13(7-5-11)19-10-14(16)15(18-19)12-3-2-8-17-9-12/h2-10H,16H2,1H3. The Labute approximate surface area is 111 Å². The van der Waals surface area contributed by atoms with Crippen LogP contribution in [0, 0.1) is 6.92 Å². The van der Waals surface area contributed by atoms with Crippen LogP contribution in [-0.2, 0) is 0 Å². The van der Waals surface area contributed by atoms with Gasteiger partial charge < -0.3 is 5.73 Å². The van der Waals surface area contributed by atoms with Gasteiger partial charge in [0.15, 0.2) is 0 Å². The first kappa shape index (κ1) is 11.5. The highest BCUT2D eigenvalue weighted by Crippen LogP contribution is 2.24. The SMILES string of the molecule is Cc1ccc(-n2cc(N)c(-c3cccnc3)n2)cc1. The van der Waals surface area contributed by atoms with Gasteiger partial charge in [-0.1, -0.05) is 17.7 Å². The molecule has 0 saturated heterocycles. The molecule has 0 saturated carbocycles. The van der Waals surface area contributed by atoms with Crippen LogP contribution in [-0.4, -0.2) is 14.8 Å². The lowest BCUT2D eigenvalue weighted by molar-refractivity contribution is 0.883. The van der Waals surface area contributed by atoms with Crippen molar-refractivity contribution in [3.63, 3.8) is 0 Å². The number of nitrogens with two attached hydrogens (primary N) is 1. The molecule has 2 heterocycles. The topological polar surface area (TPSA) is 56.7 Å². The Kier molecular flexibility index (Phi) is 2.76. The first-order valence-corrected chi connectivity index (χ1v) is 6.06. The smallest absolute Gasteiger partial charge is 0.117 e. The fourth-order valence-corrected chi connectivity index (χ4v) is 1.94. The van der Waals surface area contributed by atoms with Gasteiger partial charge in [0, 0.05) is 18.0 Å². The quantitative estimate of drug-likeness (QED) is 0.760. The van der Waals surface area contributed by atoms with E-state index < -0.39 is 0 Å². The average Bonchev–Trinajstić information content (AvgIpc) is 2.83. The molecule has 0 amide bonds. The van der Waals surface area contributed by atoms with E-state index in [2.05, 4.69) is 29.1 Å². The zero-order valence-corrected chi connectivity index (χ0v) is 10.6. The fourth-order valence-electron chi connectivity index (χ4n) is 1.94. The highest BCUT2D eigenvalue weighted by molar-refractivity contribution is 5.71. The highest BCUT2D eigenvalue weighted by atomic mass is 15.3. The van der Waals surface area contributed by atoms with E-state index in [1.807, 2.05) is 30.5 Å². The van der Waals surface area contributed by atoms with Gasteiger partial charge in [0.05, 0.1) is 17.6 Å². The van der Waals surface area contributed by atoms with E-state index in [9.17, 15) is 0 Å².